The lowest BCUT2D eigenvalue weighted by molar-refractivity contribution is -0.384. The Bertz CT molecular complexity index is 1050. The third-order valence-electron chi connectivity index (χ3n) is 3.95. The van der Waals surface area contributed by atoms with Gasteiger partial charge in [0, 0.05) is 27.7 Å². The molecule has 0 saturated heterocycles. The first kappa shape index (κ1) is 20.2. The summed E-state index contributed by atoms with van der Waals surface area (Å²) in [6.45, 7) is -0.313. The van der Waals surface area contributed by atoms with Crippen molar-refractivity contribution in [2.75, 3.05) is 11.9 Å². The number of hydrogen-bond donors (Lipinski definition) is 1. The Morgan fingerprint density at radius 1 is 1.00 bits per heavy atom. The summed E-state index contributed by atoms with van der Waals surface area (Å²) in [5.74, 6) is -0.367. The highest BCUT2D eigenvalue weighted by Crippen LogP contribution is 2.24. The number of nitrogens with one attached hydrogen (secondary N) is 1. The number of ketones is 1. The molecule has 0 aliphatic heterocycles. The predicted molar refractivity (Wildman–Crippen MR) is 111 cm³/mol. The Hall–Kier alpha value is -3.52. The zero-order valence-electron chi connectivity index (χ0n) is 15.0. The van der Waals surface area contributed by atoms with Gasteiger partial charge in [-0.2, -0.15) is 0 Å². The molecule has 0 unspecified atom stereocenters. The van der Waals surface area contributed by atoms with Gasteiger partial charge in [0.05, 0.1) is 10.6 Å². The van der Waals surface area contributed by atoms with Gasteiger partial charge in [0.2, 0.25) is 0 Å². The number of hydrogen-bond acceptors (Lipinski definition) is 5. The molecule has 0 fully saturated rings. The quantitative estimate of drug-likeness (QED) is 0.319. The molecule has 0 aromatic heterocycles. The van der Waals surface area contributed by atoms with E-state index in [1.54, 1.807) is 42.5 Å². The van der Waals surface area contributed by atoms with Gasteiger partial charge >= 0.3 is 0 Å². The van der Waals surface area contributed by atoms with Crippen LogP contribution >= 0.6 is 15.9 Å². The van der Waals surface area contributed by atoms with E-state index in [-0.39, 0.29) is 18.1 Å². The minimum atomic E-state index is -0.519. The molecule has 3 aromatic carbocycles. The van der Waals surface area contributed by atoms with Crippen molar-refractivity contribution in [1.29, 1.82) is 0 Å². The summed E-state index contributed by atoms with van der Waals surface area (Å²) in [7, 11) is 0. The lowest BCUT2D eigenvalue weighted by Crippen LogP contribution is -2.21. The monoisotopic (exact) mass is 454 g/mol. The van der Waals surface area contributed by atoms with Gasteiger partial charge in [0.25, 0.3) is 11.6 Å². The van der Waals surface area contributed by atoms with E-state index in [2.05, 4.69) is 21.2 Å². The number of halogens is 1. The van der Waals surface area contributed by atoms with Crippen LogP contribution in [0.15, 0.2) is 77.3 Å². The highest BCUT2D eigenvalue weighted by Gasteiger charge is 2.16. The average molecular weight is 455 g/mol. The molecule has 0 spiro atoms. The van der Waals surface area contributed by atoms with Crippen molar-refractivity contribution >= 4 is 39.0 Å². The molecule has 29 heavy (non-hydrogen) atoms. The van der Waals surface area contributed by atoms with Gasteiger partial charge in [0.1, 0.15) is 5.75 Å². The minimum Gasteiger partial charge on any atom is -0.484 e. The van der Waals surface area contributed by atoms with Gasteiger partial charge in [-0.1, -0.05) is 46.3 Å². The van der Waals surface area contributed by atoms with E-state index < -0.39 is 10.8 Å². The normalized spacial score (nSPS) is 10.2. The summed E-state index contributed by atoms with van der Waals surface area (Å²) in [4.78, 5) is 35.2. The maximum absolute atomic E-state index is 12.8. The largest absolute Gasteiger partial charge is 0.484 e. The van der Waals surface area contributed by atoms with E-state index >= 15 is 0 Å². The molecule has 0 radical (unpaired) electrons. The molecule has 3 aromatic rings. The fourth-order valence-electron chi connectivity index (χ4n) is 2.56. The first-order valence-electron chi connectivity index (χ1n) is 8.50. The number of nitrogens with zero attached hydrogens (tertiary/aromatic N) is 1. The molecule has 1 N–H and O–H groups in total. The van der Waals surface area contributed by atoms with Crippen LogP contribution in [0.1, 0.15) is 15.9 Å². The first-order chi connectivity index (χ1) is 13.9. The number of nitro groups is 1. The predicted octanol–water partition coefficient (Wildman–Crippen LogP) is 4.61. The van der Waals surface area contributed by atoms with E-state index in [9.17, 15) is 19.7 Å². The van der Waals surface area contributed by atoms with E-state index in [0.717, 1.165) is 0 Å². The van der Waals surface area contributed by atoms with Crippen molar-refractivity contribution in [3.63, 3.8) is 0 Å². The standard InChI is InChI=1S/C21H15BrN2O5/c22-15-6-11-19(18(12-15)21(26)14-4-2-1-3-5-14)23-20(25)13-29-17-9-7-16(8-10-17)24(27)28/h1-12H,13H2,(H,23,25). The molecular weight excluding hydrogens is 440 g/mol. The number of benzene rings is 3. The van der Waals surface area contributed by atoms with Crippen LogP contribution in [0.5, 0.6) is 5.75 Å². The van der Waals surface area contributed by atoms with E-state index in [1.165, 1.54) is 24.3 Å². The van der Waals surface area contributed by atoms with Crippen molar-refractivity contribution in [3.8, 4) is 5.75 Å². The number of ether oxygens (including phenoxy) is 1. The molecule has 0 heterocycles. The van der Waals surface area contributed by atoms with Crippen molar-refractivity contribution < 1.29 is 19.2 Å². The van der Waals surface area contributed by atoms with Gasteiger partial charge in [-0.25, -0.2) is 0 Å². The Morgan fingerprint density at radius 3 is 2.34 bits per heavy atom. The summed E-state index contributed by atoms with van der Waals surface area (Å²) < 4.78 is 6.06. The highest BCUT2D eigenvalue weighted by atomic mass is 79.9. The van der Waals surface area contributed by atoms with Crippen LogP contribution in [0.25, 0.3) is 0 Å². The zero-order valence-corrected chi connectivity index (χ0v) is 16.6. The molecule has 0 aliphatic carbocycles. The number of amides is 1. The smallest absolute Gasteiger partial charge is 0.269 e. The minimum absolute atomic E-state index is 0.0688. The average Bonchev–Trinajstić information content (AvgIpc) is 2.74. The fourth-order valence-corrected chi connectivity index (χ4v) is 2.92. The van der Waals surface area contributed by atoms with Crippen LogP contribution in [-0.4, -0.2) is 23.2 Å². The fraction of sp³-hybridized carbons (Fsp3) is 0.0476. The molecule has 0 aliphatic rings. The van der Waals surface area contributed by atoms with Crippen molar-refractivity contribution in [1.82, 2.24) is 0 Å². The lowest BCUT2D eigenvalue weighted by Gasteiger charge is -2.12. The van der Waals surface area contributed by atoms with Gasteiger partial charge in [-0.05, 0) is 30.3 Å². The number of carbonyl (C=O) groups excluding carboxylic acids is 2. The van der Waals surface area contributed by atoms with Crippen LogP contribution in [0, 0.1) is 10.1 Å². The third kappa shape index (κ3) is 5.26. The van der Waals surface area contributed by atoms with Crippen LogP contribution in [0.4, 0.5) is 11.4 Å². The van der Waals surface area contributed by atoms with Crippen LogP contribution in [0.3, 0.4) is 0 Å². The maximum Gasteiger partial charge on any atom is 0.269 e. The summed E-state index contributed by atoms with van der Waals surface area (Å²) in [5, 5.41) is 13.3. The van der Waals surface area contributed by atoms with E-state index in [1.807, 2.05) is 6.07 Å². The topological polar surface area (TPSA) is 98.5 Å². The second-order valence-electron chi connectivity index (χ2n) is 5.97. The molecule has 8 heteroatoms. The molecule has 7 nitrogen and oxygen atoms in total. The molecule has 0 saturated carbocycles. The number of rotatable bonds is 7. The second-order valence-corrected chi connectivity index (χ2v) is 6.89. The number of non-ortho nitro benzene ring substituents is 1. The zero-order chi connectivity index (χ0) is 20.8. The number of anilines is 1. The molecule has 0 atom stereocenters. The summed E-state index contributed by atoms with van der Waals surface area (Å²) in [6.07, 6.45) is 0. The van der Waals surface area contributed by atoms with Gasteiger partial charge < -0.3 is 10.1 Å². The summed E-state index contributed by atoms with van der Waals surface area (Å²) >= 11 is 3.34. The van der Waals surface area contributed by atoms with Crippen LogP contribution < -0.4 is 10.1 Å². The molecule has 3 rings (SSSR count). The molecule has 1 amide bonds. The maximum atomic E-state index is 12.8. The number of nitro benzene ring substituents is 1. The third-order valence-corrected chi connectivity index (χ3v) is 4.45. The SMILES string of the molecule is O=C(COc1ccc([N+](=O)[O-])cc1)Nc1ccc(Br)cc1C(=O)c1ccccc1. The van der Waals surface area contributed by atoms with Crippen LogP contribution in [0.2, 0.25) is 0 Å². The van der Waals surface area contributed by atoms with Gasteiger partial charge in [0.15, 0.2) is 12.4 Å². The van der Waals surface area contributed by atoms with Gasteiger partial charge in [-0.15, -0.1) is 0 Å². The van der Waals surface area contributed by atoms with Crippen molar-refractivity contribution in [2.24, 2.45) is 0 Å². The molecule has 0 bridgehead atoms. The van der Waals surface area contributed by atoms with Crippen molar-refractivity contribution in [3.05, 3.63) is 98.5 Å². The second kappa shape index (κ2) is 9.11. The van der Waals surface area contributed by atoms with E-state index in [0.29, 0.717) is 27.0 Å². The molecular formula is C21H15BrN2O5. The Balaban J connectivity index is 1.70. The number of carbonyl (C=O) groups is 2. The Labute approximate surface area is 174 Å². The molecule has 146 valence electrons. The summed E-state index contributed by atoms with van der Waals surface area (Å²) in [6, 6.07) is 19.1. The first-order valence-corrected chi connectivity index (χ1v) is 9.30. The highest BCUT2D eigenvalue weighted by molar-refractivity contribution is 9.10. The Kier molecular flexibility index (Phi) is 6.36. The van der Waals surface area contributed by atoms with E-state index in [4.69, 9.17) is 4.74 Å². The lowest BCUT2D eigenvalue weighted by atomic mass is 10.0. The van der Waals surface area contributed by atoms with Crippen molar-refractivity contribution in [2.45, 2.75) is 0 Å². The van der Waals surface area contributed by atoms with Gasteiger partial charge in [-0.3, -0.25) is 19.7 Å². The Morgan fingerprint density at radius 2 is 1.69 bits per heavy atom. The van der Waals surface area contributed by atoms with Crippen LogP contribution in [-0.2, 0) is 4.79 Å². The summed E-state index contributed by atoms with van der Waals surface area (Å²) in [5.41, 5.74) is 1.14.